The lowest BCUT2D eigenvalue weighted by molar-refractivity contribution is 0.631. The number of nitrogens with one attached hydrogen (secondary N) is 1. The molecule has 0 fully saturated rings. The average Bonchev–Trinajstić information content (AvgIpc) is 2.64. The maximum Gasteiger partial charge on any atom is 0.161 e. The molecular weight excluding hydrogens is 267 g/mol. The van der Waals surface area contributed by atoms with Gasteiger partial charge in [0.1, 0.15) is 5.82 Å². The molecule has 0 amide bonds. The van der Waals surface area contributed by atoms with E-state index < -0.39 is 0 Å². The van der Waals surface area contributed by atoms with Crippen molar-refractivity contribution in [2.75, 3.05) is 17.6 Å². The molecule has 1 N–H and O–H groups in total. The number of thioether (sulfide) groups is 1. The Bertz CT molecular complexity index is 361. The van der Waals surface area contributed by atoms with E-state index in [4.69, 9.17) is 0 Å². The number of amidine groups is 1. The van der Waals surface area contributed by atoms with Gasteiger partial charge in [-0.05, 0) is 28.1 Å². The topological polar surface area (TPSA) is 24.4 Å². The lowest BCUT2D eigenvalue weighted by Gasteiger charge is -2.07. The van der Waals surface area contributed by atoms with E-state index in [0.29, 0.717) is 10.2 Å². The minimum atomic E-state index is -0.269. The molecule has 0 bridgehead atoms. The summed E-state index contributed by atoms with van der Waals surface area (Å²) in [6, 6.07) is 4.88. The van der Waals surface area contributed by atoms with Crippen LogP contribution in [0.25, 0.3) is 0 Å². The van der Waals surface area contributed by atoms with Gasteiger partial charge in [0.2, 0.25) is 0 Å². The van der Waals surface area contributed by atoms with Gasteiger partial charge in [0.25, 0.3) is 0 Å². The van der Waals surface area contributed by atoms with Crippen molar-refractivity contribution in [3.63, 3.8) is 0 Å². The normalized spacial score (nSPS) is 15.4. The Kier molecular flexibility index (Phi) is 3.08. The van der Waals surface area contributed by atoms with Gasteiger partial charge in [-0.1, -0.05) is 17.8 Å². The summed E-state index contributed by atoms with van der Waals surface area (Å²) in [6.45, 7) is 0.805. The van der Waals surface area contributed by atoms with Gasteiger partial charge in [0.15, 0.2) is 5.17 Å². The summed E-state index contributed by atoms with van der Waals surface area (Å²) >= 11 is 4.89. The minimum Gasteiger partial charge on any atom is -0.332 e. The van der Waals surface area contributed by atoms with E-state index in [-0.39, 0.29) is 5.82 Å². The van der Waals surface area contributed by atoms with Gasteiger partial charge in [-0.2, -0.15) is 0 Å². The molecule has 0 aliphatic carbocycles. The van der Waals surface area contributed by atoms with Gasteiger partial charge >= 0.3 is 0 Å². The zero-order chi connectivity index (χ0) is 9.97. The number of para-hydroxylation sites is 1. The standard InChI is InChI=1S/C9H8BrFN2S/c10-6-2-1-3-7(11)8(6)13-9-12-4-5-14-9/h1-3H,4-5H2,(H,12,13). The van der Waals surface area contributed by atoms with Crippen molar-refractivity contribution in [2.24, 2.45) is 4.99 Å². The minimum absolute atomic E-state index is 0.269. The van der Waals surface area contributed by atoms with Gasteiger partial charge in [0.05, 0.1) is 12.2 Å². The Morgan fingerprint density at radius 3 is 3.00 bits per heavy atom. The Hall–Kier alpha value is -0.550. The third-order valence-corrected chi connectivity index (χ3v) is 3.33. The van der Waals surface area contributed by atoms with Crippen LogP contribution in [0.4, 0.5) is 10.1 Å². The molecule has 1 aromatic rings. The number of benzene rings is 1. The number of rotatable bonds is 1. The predicted molar refractivity (Wildman–Crippen MR) is 62.5 cm³/mol. The SMILES string of the molecule is Fc1cccc(Br)c1NC1=NCCS1. The first-order valence-electron chi connectivity index (χ1n) is 4.15. The van der Waals surface area contributed by atoms with Crippen molar-refractivity contribution in [3.8, 4) is 0 Å². The van der Waals surface area contributed by atoms with Gasteiger partial charge < -0.3 is 5.32 Å². The lowest BCUT2D eigenvalue weighted by atomic mass is 10.3. The number of halogens is 2. The van der Waals surface area contributed by atoms with E-state index in [1.807, 2.05) is 0 Å². The van der Waals surface area contributed by atoms with Crippen LogP contribution in [0.1, 0.15) is 0 Å². The molecule has 0 aromatic heterocycles. The Morgan fingerprint density at radius 2 is 2.36 bits per heavy atom. The highest BCUT2D eigenvalue weighted by Crippen LogP contribution is 2.27. The van der Waals surface area contributed by atoms with Crippen molar-refractivity contribution < 1.29 is 4.39 Å². The molecule has 1 heterocycles. The highest BCUT2D eigenvalue weighted by atomic mass is 79.9. The quantitative estimate of drug-likeness (QED) is 0.851. The first-order chi connectivity index (χ1) is 6.77. The highest BCUT2D eigenvalue weighted by Gasteiger charge is 2.11. The zero-order valence-corrected chi connectivity index (χ0v) is 9.66. The van der Waals surface area contributed by atoms with Crippen molar-refractivity contribution >= 4 is 38.5 Å². The fourth-order valence-electron chi connectivity index (χ4n) is 1.13. The fourth-order valence-corrected chi connectivity index (χ4v) is 2.31. The Balaban J connectivity index is 2.23. The Morgan fingerprint density at radius 1 is 1.50 bits per heavy atom. The van der Waals surface area contributed by atoms with Gasteiger partial charge in [0, 0.05) is 10.2 Å². The van der Waals surface area contributed by atoms with Crippen molar-refractivity contribution in [3.05, 3.63) is 28.5 Å². The second-order valence-electron chi connectivity index (χ2n) is 2.76. The van der Waals surface area contributed by atoms with E-state index in [2.05, 4.69) is 26.2 Å². The molecule has 0 saturated heterocycles. The predicted octanol–water partition coefficient (Wildman–Crippen LogP) is 3.10. The number of aliphatic imine (C=N–C) groups is 1. The number of anilines is 1. The molecular formula is C9H8BrFN2S. The first kappa shape index (κ1) is 9.98. The number of nitrogens with zero attached hydrogens (tertiary/aromatic N) is 1. The summed E-state index contributed by atoms with van der Waals surface area (Å²) in [5.74, 6) is 0.698. The molecule has 1 aliphatic rings. The van der Waals surface area contributed by atoms with Gasteiger partial charge in [-0.3, -0.25) is 4.99 Å². The van der Waals surface area contributed by atoms with Gasteiger partial charge in [-0.15, -0.1) is 0 Å². The molecule has 0 atom stereocenters. The van der Waals surface area contributed by atoms with Crippen LogP contribution in [0, 0.1) is 5.82 Å². The van der Waals surface area contributed by atoms with Crippen LogP contribution in [0.5, 0.6) is 0 Å². The van der Waals surface area contributed by atoms with E-state index in [0.717, 1.165) is 17.5 Å². The van der Waals surface area contributed by atoms with E-state index in [1.54, 1.807) is 23.9 Å². The summed E-state index contributed by atoms with van der Waals surface area (Å²) in [6.07, 6.45) is 0. The maximum absolute atomic E-state index is 13.3. The molecule has 1 aliphatic heterocycles. The fraction of sp³-hybridized carbons (Fsp3) is 0.222. The van der Waals surface area contributed by atoms with E-state index in [1.165, 1.54) is 6.07 Å². The molecule has 2 rings (SSSR count). The average molecular weight is 275 g/mol. The van der Waals surface area contributed by atoms with Crippen LogP contribution in [0.2, 0.25) is 0 Å². The second kappa shape index (κ2) is 4.31. The van der Waals surface area contributed by atoms with Crippen LogP contribution in [0.15, 0.2) is 27.7 Å². The first-order valence-corrected chi connectivity index (χ1v) is 5.93. The van der Waals surface area contributed by atoms with E-state index in [9.17, 15) is 4.39 Å². The number of hydrogen-bond acceptors (Lipinski definition) is 3. The largest absolute Gasteiger partial charge is 0.332 e. The van der Waals surface area contributed by atoms with Crippen molar-refractivity contribution in [1.29, 1.82) is 0 Å². The molecule has 0 unspecified atom stereocenters. The summed E-state index contributed by atoms with van der Waals surface area (Å²) in [4.78, 5) is 4.19. The monoisotopic (exact) mass is 274 g/mol. The molecule has 0 saturated carbocycles. The molecule has 2 nitrogen and oxygen atoms in total. The lowest BCUT2D eigenvalue weighted by Crippen LogP contribution is -2.07. The summed E-state index contributed by atoms with van der Waals surface area (Å²) < 4.78 is 14.1. The van der Waals surface area contributed by atoms with Crippen molar-refractivity contribution in [1.82, 2.24) is 0 Å². The maximum atomic E-state index is 13.3. The molecule has 5 heteroatoms. The van der Waals surface area contributed by atoms with Crippen LogP contribution >= 0.6 is 27.7 Å². The highest BCUT2D eigenvalue weighted by molar-refractivity contribution is 9.10. The summed E-state index contributed by atoms with van der Waals surface area (Å²) in [5, 5.41) is 3.76. The Labute approximate surface area is 94.1 Å². The smallest absolute Gasteiger partial charge is 0.161 e. The molecule has 74 valence electrons. The second-order valence-corrected chi connectivity index (χ2v) is 4.69. The molecule has 0 radical (unpaired) electrons. The molecule has 14 heavy (non-hydrogen) atoms. The summed E-state index contributed by atoms with van der Waals surface area (Å²) in [5.41, 5.74) is 0.459. The number of hydrogen-bond donors (Lipinski definition) is 1. The van der Waals surface area contributed by atoms with Gasteiger partial charge in [-0.25, -0.2) is 4.39 Å². The van der Waals surface area contributed by atoms with Crippen LogP contribution < -0.4 is 5.32 Å². The zero-order valence-electron chi connectivity index (χ0n) is 7.26. The summed E-state index contributed by atoms with van der Waals surface area (Å²) in [7, 11) is 0. The molecule has 1 aromatic carbocycles. The third-order valence-electron chi connectivity index (χ3n) is 1.78. The van der Waals surface area contributed by atoms with Crippen LogP contribution in [-0.2, 0) is 0 Å². The molecule has 0 spiro atoms. The third kappa shape index (κ3) is 2.09. The van der Waals surface area contributed by atoms with Crippen molar-refractivity contribution in [2.45, 2.75) is 0 Å². The van der Waals surface area contributed by atoms with Crippen LogP contribution in [0.3, 0.4) is 0 Å². The van der Waals surface area contributed by atoms with Crippen LogP contribution in [-0.4, -0.2) is 17.5 Å². The van der Waals surface area contributed by atoms with E-state index >= 15 is 0 Å².